The Morgan fingerprint density at radius 3 is 2.43 bits per heavy atom. The first-order valence-electron chi connectivity index (χ1n) is 3.82. The largest absolute Gasteiger partial charge is 0.288 e. The molecule has 0 unspecified atom stereocenters. The molecule has 0 N–H and O–H groups in total. The molecule has 0 nitrogen and oxygen atoms in total. The highest BCUT2D eigenvalue weighted by Crippen LogP contribution is 2.24. The number of hydrogen-bond donors (Lipinski definition) is 0. The van der Waals surface area contributed by atoms with Gasteiger partial charge in [-0.2, -0.15) is 8.78 Å². The van der Waals surface area contributed by atoms with E-state index in [-0.39, 0.29) is 5.88 Å². The molecular weight excluding hydrogens is 226 g/mol. The Morgan fingerprint density at radius 2 is 1.93 bits per heavy atom. The minimum absolute atomic E-state index is 0.271. The van der Waals surface area contributed by atoms with Crippen molar-refractivity contribution in [3.05, 3.63) is 29.8 Å². The van der Waals surface area contributed by atoms with Crippen LogP contribution in [-0.2, 0) is 0 Å². The molecule has 0 bridgehead atoms. The van der Waals surface area contributed by atoms with Crippen molar-refractivity contribution in [3.8, 4) is 11.8 Å². The smallest absolute Gasteiger partial charge is 0.198 e. The van der Waals surface area contributed by atoms with Gasteiger partial charge in [0.1, 0.15) is 0 Å². The maximum absolute atomic E-state index is 11.9. The van der Waals surface area contributed by atoms with Crippen LogP contribution in [0.1, 0.15) is 5.56 Å². The Hall–Kier alpha value is -0.720. The average molecular weight is 233 g/mol. The van der Waals surface area contributed by atoms with Gasteiger partial charge in [-0.05, 0) is 24.3 Å². The second-order valence-corrected chi connectivity index (χ2v) is 3.67. The lowest BCUT2D eigenvalue weighted by atomic mass is 10.2. The zero-order valence-electron chi connectivity index (χ0n) is 7.14. The minimum Gasteiger partial charge on any atom is -0.198 e. The summed E-state index contributed by atoms with van der Waals surface area (Å²) >= 11 is 5.90. The fraction of sp³-hybridized carbons (Fsp3) is 0.200. The molecule has 0 spiro atoms. The number of hydrogen-bond acceptors (Lipinski definition) is 1. The number of alkyl halides is 3. The monoisotopic (exact) mass is 232 g/mol. The average Bonchev–Trinajstić information content (AvgIpc) is 2.16. The molecule has 0 aromatic heterocycles. The second kappa shape index (κ2) is 5.90. The highest BCUT2D eigenvalue weighted by Gasteiger charge is 2.03. The molecule has 0 amide bonds. The molecule has 1 aromatic rings. The van der Waals surface area contributed by atoms with Crippen LogP contribution in [0, 0.1) is 11.8 Å². The van der Waals surface area contributed by atoms with Crippen molar-refractivity contribution in [2.24, 2.45) is 0 Å². The lowest BCUT2D eigenvalue weighted by Gasteiger charge is -1.98. The molecular formula is C10H7ClF2S. The van der Waals surface area contributed by atoms with E-state index in [1.165, 1.54) is 0 Å². The van der Waals surface area contributed by atoms with Gasteiger partial charge in [0, 0.05) is 10.5 Å². The predicted molar refractivity (Wildman–Crippen MR) is 55.9 cm³/mol. The van der Waals surface area contributed by atoms with Crippen molar-refractivity contribution >= 4 is 23.4 Å². The summed E-state index contributed by atoms with van der Waals surface area (Å²) in [6.07, 6.45) is 0. The molecule has 0 aliphatic carbocycles. The molecule has 0 aliphatic rings. The molecule has 0 aliphatic heterocycles. The number of benzene rings is 1. The zero-order valence-corrected chi connectivity index (χ0v) is 8.71. The third kappa shape index (κ3) is 3.99. The quantitative estimate of drug-likeness (QED) is 0.427. The highest BCUT2D eigenvalue weighted by atomic mass is 35.5. The Bertz CT molecular complexity index is 337. The van der Waals surface area contributed by atoms with Crippen LogP contribution in [-0.4, -0.2) is 11.6 Å². The molecule has 0 saturated carbocycles. The van der Waals surface area contributed by atoms with Gasteiger partial charge in [-0.15, -0.1) is 11.6 Å². The molecule has 0 fully saturated rings. The van der Waals surface area contributed by atoms with Crippen molar-refractivity contribution in [2.75, 3.05) is 5.88 Å². The summed E-state index contributed by atoms with van der Waals surface area (Å²) in [5, 5.41) is 0. The summed E-state index contributed by atoms with van der Waals surface area (Å²) in [7, 11) is 0. The summed E-state index contributed by atoms with van der Waals surface area (Å²) < 4.78 is 23.9. The van der Waals surface area contributed by atoms with E-state index in [0.29, 0.717) is 16.7 Å². The van der Waals surface area contributed by atoms with Gasteiger partial charge in [0.25, 0.3) is 5.76 Å². The van der Waals surface area contributed by atoms with Crippen molar-refractivity contribution in [1.82, 2.24) is 0 Å². The van der Waals surface area contributed by atoms with E-state index in [4.69, 9.17) is 11.6 Å². The van der Waals surface area contributed by atoms with Gasteiger partial charge in [-0.25, -0.2) is 0 Å². The molecule has 0 heterocycles. The summed E-state index contributed by atoms with van der Waals surface area (Å²) in [4.78, 5) is 0.538. The van der Waals surface area contributed by atoms with Gasteiger partial charge in [0.05, 0.1) is 5.88 Å². The van der Waals surface area contributed by atoms with E-state index in [1.807, 2.05) is 0 Å². The van der Waals surface area contributed by atoms with Gasteiger partial charge in [-0.1, -0.05) is 23.6 Å². The summed E-state index contributed by atoms with van der Waals surface area (Å²) in [5.41, 5.74) is 0.782. The SMILES string of the molecule is FC(F)Sc1ccc(C#CCCl)cc1. The van der Waals surface area contributed by atoms with Gasteiger partial charge in [0.2, 0.25) is 0 Å². The summed E-state index contributed by atoms with van der Waals surface area (Å²) in [6, 6.07) is 6.64. The van der Waals surface area contributed by atoms with E-state index in [2.05, 4.69) is 11.8 Å². The van der Waals surface area contributed by atoms with Crippen LogP contribution in [0.25, 0.3) is 0 Å². The normalized spacial score (nSPS) is 9.71. The van der Waals surface area contributed by atoms with Crippen LogP contribution in [0.5, 0.6) is 0 Å². The zero-order chi connectivity index (χ0) is 10.4. The van der Waals surface area contributed by atoms with Crippen molar-refractivity contribution in [3.63, 3.8) is 0 Å². The van der Waals surface area contributed by atoms with Crippen LogP contribution in [0.3, 0.4) is 0 Å². The van der Waals surface area contributed by atoms with Crippen LogP contribution < -0.4 is 0 Å². The van der Waals surface area contributed by atoms with Crippen LogP contribution >= 0.6 is 23.4 Å². The van der Waals surface area contributed by atoms with Gasteiger partial charge >= 0.3 is 0 Å². The van der Waals surface area contributed by atoms with Crippen molar-refractivity contribution in [1.29, 1.82) is 0 Å². The lowest BCUT2D eigenvalue weighted by molar-refractivity contribution is 0.252. The van der Waals surface area contributed by atoms with Crippen LogP contribution in [0.4, 0.5) is 8.78 Å². The Balaban J connectivity index is 2.68. The van der Waals surface area contributed by atoms with Gasteiger partial charge < -0.3 is 0 Å². The van der Waals surface area contributed by atoms with Crippen molar-refractivity contribution < 1.29 is 8.78 Å². The first-order valence-corrected chi connectivity index (χ1v) is 5.23. The fourth-order valence-electron chi connectivity index (χ4n) is 0.855. The molecule has 0 radical (unpaired) electrons. The van der Waals surface area contributed by atoms with E-state index in [9.17, 15) is 8.78 Å². The number of thioether (sulfide) groups is 1. The molecule has 0 atom stereocenters. The second-order valence-electron chi connectivity index (χ2n) is 2.34. The maximum Gasteiger partial charge on any atom is 0.288 e. The standard InChI is InChI=1S/C10H7ClF2S/c11-7-1-2-8-3-5-9(6-4-8)14-10(12)13/h3-6,10H,7H2. The third-order valence-corrected chi connectivity index (χ3v) is 2.24. The topological polar surface area (TPSA) is 0 Å². The predicted octanol–water partition coefficient (Wildman–Crippen LogP) is 3.59. The van der Waals surface area contributed by atoms with E-state index in [1.54, 1.807) is 24.3 Å². The molecule has 0 saturated heterocycles. The maximum atomic E-state index is 11.9. The Labute approximate surface area is 90.6 Å². The van der Waals surface area contributed by atoms with E-state index < -0.39 is 5.76 Å². The Morgan fingerprint density at radius 1 is 1.29 bits per heavy atom. The third-order valence-electron chi connectivity index (χ3n) is 1.38. The first kappa shape index (κ1) is 11.4. The number of rotatable bonds is 2. The van der Waals surface area contributed by atoms with Crippen LogP contribution in [0.15, 0.2) is 29.2 Å². The molecule has 74 valence electrons. The van der Waals surface area contributed by atoms with Crippen LogP contribution in [0.2, 0.25) is 0 Å². The molecule has 4 heteroatoms. The molecule has 1 rings (SSSR count). The van der Waals surface area contributed by atoms with E-state index >= 15 is 0 Å². The van der Waals surface area contributed by atoms with Gasteiger partial charge in [-0.3, -0.25) is 0 Å². The summed E-state index contributed by atoms with van der Waals surface area (Å²) in [6.45, 7) is 0. The lowest BCUT2D eigenvalue weighted by Crippen LogP contribution is -1.81. The molecule has 1 aromatic carbocycles. The Kier molecular flexibility index (Phi) is 4.78. The minimum atomic E-state index is -2.38. The van der Waals surface area contributed by atoms with Gasteiger partial charge in [0.15, 0.2) is 0 Å². The number of halogens is 3. The molecule has 14 heavy (non-hydrogen) atoms. The first-order chi connectivity index (χ1) is 6.72. The van der Waals surface area contributed by atoms with E-state index in [0.717, 1.165) is 5.56 Å². The highest BCUT2D eigenvalue weighted by molar-refractivity contribution is 7.99. The fourth-order valence-corrected chi connectivity index (χ4v) is 1.42. The van der Waals surface area contributed by atoms with Crippen molar-refractivity contribution in [2.45, 2.75) is 10.7 Å². The summed E-state index contributed by atoms with van der Waals surface area (Å²) in [5.74, 6) is 3.37.